The van der Waals surface area contributed by atoms with E-state index < -0.39 is 23.9 Å². The van der Waals surface area contributed by atoms with Gasteiger partial charge in [-0.25, -0.2) is 17.9 Å². The van der Waals surface area contributed by atoms with E-state index in [2.05, 4.69) is 10.4 Å². The molecule has 1 saturated carbocycles. The molecule has 206 valence electrons. The molecule has 1 N–H and O–H groups in total. The molecule has 2 aromatic rings. The summed E-state index contributed by atoms with van der Waals surface area (Å²) < 4.78 is 81.5. The van der Waals surface area contributed by atoms with Crippen LogP contribution in [0.25, 0.3) is 5.70 Å². The summed E-state index contributed by atoms with van der Waals surface area (Å²) in [4.78, 5) is 13.6. The minimum Gasteiger partial charge on any atom is -0.352 e. The molecule has 1 aromatic carbocycles. The number of benzene rings is 1. The van der Waals surface area contributed by atoms with E-state index in [-0.39, 0.29) is 47.1 Å². The van der Waals surface area contributed by atoms with E-state index in [1.165, 1.54) is 42.2 Å². The zero-order valence-corrected chi connectivity index (χ0v) is 21.8. The number of amides is 1. The van der Waals surface area contributed by atoms with E-state index in [0.717, 1.165) is 28.2 Å². The Bertz CT molecular complexity index is 1180. The molecule has 1 heterocycles. The van der Waals surface area contributed by atoms with Gasteiger partial charge in [-0.1, -0.05) is 25.5 Å². The molecule has 0 aliphatic heterocycles. The Morgan fingerprint density at radius 1 is 1.21 bits per heavy atom. The molecule has 1 aliphatic rings. The highest BCUT2D eigenvalue weighted by molar-refractivity contribution is 8.00. The van der Waals surface area contributed by atoms with Gasteiger partial charge in [-0.3, -0.25) is 4.79 Å². The van der Waals surface area contributed by atoms with Crippen molar-refractivity contribution in [2.75, 3.05) is 0 Å². The van der Waals surface area contributed by atoms with E-state index >= 15 is 0 Å². The predicted octanol–water partition coefficient (Wildman–Crippen LogP) is 7.85. The van der Waals surface area contributed by atoms with Crippen LogP contribution in [-0.2, 0) is 11.3 Å². The fourth-order valence-electron chi connectivity index (χ4n) is 3.85. The van der Waals surface area contributed by atoms with Gasteiger partial charge >= 0.3 is 6.18 Å². The lowest BCUT2D eigenvalue weighted by atomic mass is 9.84. The summed E-state index contributed by atoms with van der Waals surface area (Å²) in [7, 11) is 0. The molecule has 3 rings (SSSR count). The summed E-state index contributed by atoms with van der Waals surface area (Å²) in [6.07, 6.45) is 0.639. The molecule has 2 atom stereocenters. The number of hydrogen-bond donors (Lipinski definition) is 1. The zero-order chi connectivity index (χ0) is 27.9. The predicted molar refractivity (Wildman–Crippen MR) is 136 cm³/mol. The molecule has 1 aliphatic carbocycles. The number of halogens is 6. The largest absolute Gasteiger partial charge is 0.416 e. The van der Waals surface area contributed by atoms with Crippen molar-refractivity contribution in [3.63, 3.8) is 0 Å². The fourth-order valence-corrected chi connectivity index (χ4v) is 5.17. The number of nitrogens with zero attached hydrogens (tertiary/aromatic N) is 2. The molecule has 1 amide bonds. The Labute approximate surface area is 221 Å². The lowest BCUT2D eigenvalue weighted by Gasteiger charge is -2.34. The summed E-state index contributed by atoms with van der Waals surface area (Å²) in [5, 5.41) is 6.56. The second-order valence-corrected chi connectivity index (χ2v) is 10.1. The Hall–Kier alpha value is -2.95. The molecule has 11 heteroatoms. The molecule has 0 spiro atoms. The molecular weight excluding hydrogens is 528 g/mol. The van der Waals surface area contributed by atoms with Gasteiger partial charge in [-0.15, -0.1) is 11.8 Å². The Kier molecular flexibility index (Phi) is 10.3. The van der Waals surface area contributed by atoms with Crippen LogP contribution in [0.4, 0.5) is 26.3 Å². The summed E-state index contributed by atoms with van der Waals surface area (Å²) >= 11 is 1.47. The first-order chi connectivity index (χ1) is 18.0. The standard InChI is InChI=1S/C27H29F6N3OS/c1-3-5-6-18(27(31,32)33)7-10-20(4-2)36-16-17(24(35-36)25(29)30)15-34-26(37)22-13-14-23(22)38-21-11-8-19(28)9-12-21/h4,6-12,16,22-23,25H,3,5,13-15H2,1-2H3,(H,34,37)/b10-7-,18-6-,20-4+. The van der Waals surface area contributed by atoms with Crippen molar-refractivity contribution in [1.82, 2.24) is 15.1 Å². The van der Waals surface area contributed by atoms with Crippen molar-refractivity contribution >= 4 is 23.4 Å². The van der Waals surface area contributed by atoms with E-state index in [1.807, 2.05) is 0 Å². The van der Waals surface area contributed by atoms with Gasteiger partial charge in [0.15, 0.2) is 0 Å². The van der Waals surface area contributed by atoms with E-state index in [0.29, 0.717) is 12.8 Å². The van der Waals surface area contributed by atoms with Gasteiger partial charge < -0.3 is 5.32 Å². The smallest absolute Gasteiger partial charge is 0.352 e. The van der Waals surface area contributed by atoms with Crippen molar-refractivity contribution in [2.45, 2.75) is 68.8 Å². The van der Waals surface area contributed by atoms with E-state index in [9.17, 15) is 31.1 Å². The van der Waals surface area contributed by atoms with E-state index in [4.69, 9.17) is 0 Å². The van der Waals surface area contributed by atoms with Crippen LogP contribution in [-0.4, -0.2) is 27.1 Å². The third kappa shape index (κ3) is 7.78. The van der Waals surface area contributed by atoms with Crippen LogP contribution in [0.2, 0.25) is 0 Å². The minimum absolute atomic E-state index is 0.0129. The average molecular weight is 558 g/mol. The maximum absolute atomic E-state index is 13.7. The molecule has 0 bridgehead atoms. The molecule has 4 nitrogen and oxygen atoms in total. The maximum Gasteiger partial charge on any atom is 0.416 e. The van der Waals surface area contributed by atoms with E-state index in [1.54, 1.807) is 26.0 Å². The van der Waals surface area contributed by atoms with Crippen LogP contribution in [0.1, 0.15) is 57.2 Å². The first-order valence-electron chi connectivity index (χ1n) is 12.2. The van der Waals surface area contributed by atoms with Crippen LogP contribution in [0, 0.1) is 11.7 Å². The van der Waals surface area contributed by atoms with Crippen molar-refractivity contribution in [3.8, 4) is 0 Å². The molecule has 1 fully saturated rings. The van der Waals surface area contributed by atoms with Crippen molar-refractivity contribution < 1.29 is 31.1 Å². The molecule has 1 aromatic heterocycles. The van der Waals surface area contributed by atoms with Crippen LogP contribution in [0.3, 0.4) is 0 Å². The molecule has 2 unspecified atom stereocenters. The van der Waals surface area contributed by atoms with Crippen LogP contribution >= 0.6 is 11.8 Å². The third-order valence-electron chi connectivity index (χ3n) is 6.11. The van der Waals surface area contributed by atoms with Crippen molar-refractivity contribution in [3.05, 3.63) is 77.4 Å². The summed E-state index contributed by atoms with van der Waals surface area (Å²) in [5.41, 5.74) is -1.14. The second-order valence-electron chi connectivity index (χ2n) is 8.79. The number of alkyl halides is 5. The van der Waals surface area contributed by atoms with Gasteiger partial charge in [0.1, 0.15) is 11.5 Å². The van der Waals surface area contributed by atoms with Gasteiger partial charge in [0.25, 0.3) is 6.43 Å². The topological polar surface area (TPSA) is 46.9 Å². The first kappa shape index (κ1) is 29.6. The number of hydrogen-bond acceptors (Lipinski definition) is 3. The zero-order valence-electron chi connectivity index (χ0n) is 20.9. The molecule has 0 radical (unpaired) electrons. The average Bonchev–Trinajstić information content (AvgIpc) is 3.27. The number of carbonyl (C=O) groups is 1. The maximum atomic E-state index is 13.7. The number of aromatic nitrogens is 2. The van der Waals surface area contributed by atoms with Crippen molar-refractivity contribution in [1.29, 1.82) is 0 Å². The fraction of sp³-hybridized carbons (Fsp3) is 0.407. The Morgan fingerprint density at radius 3 is 2.47 bits per heavy atom. The number of thioether (sulfide) groups is 1. The number of allylic oxidation sites excluding steroid dienone is 6. The van der Waals surface area contributed by atoms with Gasteiger partial charge in [-0.2, -0.15) is 18.3 Å². The molecule has 38 heavy (non-hydrogen) atoms. The number of unbranched alkanes of at least 4 members (excludes halogenated alkanes) is 1. The Morgan fingerprint density at radius 2 is 1.92 bits per heavy atom. The highest BCUT2D eigenvalue weighted by Crippen LogP contribution is 2.41. The number of rotatable bonds is 11. The van der Waals surface area contributed by atoms with Gasteiger partial charge in [0.05, 0.1) is 17.2 Å². The van der Waals surface area contributed by atoms with Gasteiger partial charge in [-0.05, 0) is 62.6 Å². The van der Waals surface area contributed by atoms with Crippen LogP contribution in [0.5, 0.6) is 0 Å². The lowest BCUT2D eigenvalue weighted by Crippen LogP contribution is -2.42. The monoisotopic (exact) mass is 557 g/mol. The van der Waals surface area contributed by atoms with Gasteiger partial charge in [0, 0.05) is 28.5 Å². The lowest BCUT2D eigenvalue weighted by molar-refractivity contribution is -0.127. The highest BCUT2D eigenvalue weighted by atomic mass is 32.2. The normalized spacial score (nSPS) is 18.8. The van der Waals surface area contributed by atoms with Crippen LogP contribution in [0.15, 0.2) is 65.2 Å². The Balaban J connectivity index is 1.69. The summed E-state index contributed by atoms with van der Waals surface area (Å²) in [6.45, 7) is 3.12. The second kappa shape index (κ2) is 13.2. The summed E-state index contributed by atoms with van der Waals surface area (Å²) in [6, 6.07) is 5.97. The SMILES string of the molecule is C\C=C(/C=C\C(=C\CCC)C(F)(F)F)n1cc(CNC(=O)C2CCC2Sc2ccc(F)cc2)c(C(F)F)n1. The van der Waals surface area contributed by atoms with Crippen molar-refractivity contribution in [2.24, 2.45) is 5.92 Å². The third-order valence-corrected chi connectivity index (χ3v) is 7.52. The van der Waals surface area contributed by atoms with Gasteiger partial charge in [0.2, 0.25) is 5.91 Å². The molecule has 0 saturated heterocycles. The quantitative estimate of drug-likeness (QED) is 0.226. The minimum atomic E-state index is -4.55. The number of nitrogens with one attached hydrogen (secondary N) is 1. The molecular formula is C27H29F6N3OS. The van der Waals surface area contributed by atoms with Crippen LogP contribution < -0.4 is 5.32 Å². The number of carbonyl (C=O) groups excluding carboxylic acids is 1. The first-order valence-corrected chi connectivity index (χ1v) is 13.1. The highest BCUT2D eigenvalue weighted by Gasteiger charge is 2.37. The summed E-state index contributed by atoms with van der Waals surface area (Å²) in [5.74, 6) is -0.955.